The van der Waals surface area contributed by atoms with Gasteiger partial charge in [-0.15, -0.1) is 5.10 Å². The van der Waals surface area contributed by atoms with E-state index in [1.807, 2.05) is 24.4 Å². The van der Waals surface area contributed by atoms with Crippen LogP contribution in [0.3, 0.4) is 0 Å². The monoisotopic (exact) mass is 399 g/mol. The summed E-state index contributed by atoms with van der Waals surface area (Å²) in [5.41, 5.74) is 17.1. The fourth-order valence-electron chi connectivity index (χ4n) is 3.94. The van der Waals surface area contributed by atoms with Gasteiger partial charge in [-0.1, -0.05) is 54.6 Å². The molecule has 5 N–H and O–H groups in total. The summed E-state index contributed by atoms with van der Waals surface area (Å²) in [5, 5.41) is 7.61. The van der Waals surface area contributed by atoms with Crippen LogP contribution in [-0.4, -0.2) is 32.7 Å². The van der Waals surface area contributed by atoms with Crippen molar-refractivity contribution in [2.45, 2.75) is 24.8 Å². The number of hydrogen-bond acceptors (Lipinski definition) is 6. The molecule has 2 aromatic carbocycles. The lowest BCUT2D eigenvalue weighted by Gasteiger charge is -2.38. The van der Waals surface area contributed by atoms with E-state index in [1.165, 1.54) is 12.0 Å². The molecule has 0 spiro atoms. The molecule has 1 aliphatic carbocycles. The molecule has 1 fully saturated rings. The molecular formula is C23H25N7. The summed E-state index contributed by atoms with van der Waals surface area (Å²) in [7, 11) is 0. The van der Waals surface area contributed by atoms with Crippen molar-refractivity contribution < 1.29 is 0 Å². The Morgan fingerprint density at radius 1 is 0.967 bits per heavy atom. The van der Waals surface area contributed by atoms with Crippen LogP contribution in [0, 0.1) is 0 Å². The normalized spacial score (nSPS) is 15.1. The first kappa shape index (κ1) is 18.7. The van der Waals surface area contributed by atoms with E-state index in [9.17, 15) is 0 Å². The van der Waals surface area contributed by atoms with E-state index in [1.54, 1.807) is 4.52 Å². The van der Waals surface area contributed by atoms with Gasteiger partial charge in [0.2, 0.25) is 5.95 Å². The Morgan fingerprint density at radius 2 is 1.73 bits per heavy atom. The highest BCUT2D eigenvalue weighted by Gasteiger charge is 2.34. The van der Waals surface area contributed by atoms with Crippen molar-refractivity contribution in [1.29, 1.82) is 0 Å². The second-order valence-corrected chi connectivity index (χ2v) is 7.85. The molecule has 1 aliphatic rings. The highest BCUT2D eigenvalue weighted by Crippen LogP contribution is 2.39. The molecule has 7 nitrogen and oxygen atoms in total. The molecule has 5 rings (SSSR count). The van der Waals surface area contributed by atoms with Gasteiger partial charge in [0.15, 0.2) is 0 Å². The van der Waals surface area contributed by atoms with E-state index in [0.717, 1.165) is 35.2 Å². The maximum atomic E-state index is 6.50. The van der Waals surface area contributed by atoms with Crippen LogP contribution < -0.4 is 16.8 Å². The minimum Gasteiger partial charge on any atom is -0.352 e. The van der Waals surface area contributed by atoms with Crippen LogP contribution in [-0.2, 0) is 5.54 Å². The molecule has 0 amide bonds. The Balaban J connectivity index is 1.61. The van der Waals surface area contributed by atoms with Gasteiger partial charge in [0.05, 0.1) is 5.69 Å². The Morgan fingerprint density at radius 3 is 2.40 bits per heavy atom. The van der Waals surface area contributed by atoms with Gasteiger partial charge in [0.25, 0.3) is 5.78 Å². The van der Waals surface area contributed by atoms with Gasteiger partial charge < -0.3 is 16.8 Å². The van der Waals surface area contributed by atoms with Crippen molar-refractivity contribution in [2.75, 3.05) is 18.4 Å². The van der Waals surface area contributed by atoms with Gasteiger partial charge in [-0.25, -0.2) is 9.50 Å². The van der Waals surface area contributed by atoms with Gasteiger partial charge >= 0.3 is 0 Å². The molecule has 1 saturated carbocycles. The van der Waals surface area contributed by atoms with E-state index < -0.39 is 0 Å². The summed E-state index contributed by atoms with van der Waals surface area (Å²) in [4.78, 5) is 9.37. The summed E-state index contributed by atoms with van der Waals surface area (Å²) in [5.74, 6) is 1.07. The molecule has 152 valence electrons. The van der Waals surface area contributed by atoms with E-state index in [2.05, 4.69) is 51.8 Å². The smallest absolute Gasteiger partial charge is 0.254 e. The Bertz CT molecular complexity index is 1160. The lowest BCUT2D eigenvalue weighted by molar-refractivity contribution is 0.253. The molecular weight excluding hydrogens is 374 g/mol. The molecule has 0 aliphatic heterocycles. The number of rotatable bonds is 6. The average molecular weight is 400 g/mol. The van der Waals surface area contributed by atoms with Crippen LogP contribution in [0.25, 0.3) is 28.2 Å². The van der Waals surface area contributed by atoms with Crippen molar-refractivity contribution in [1.82, 2.24) is 19.6 Å². The average Bonchev–Trinajstić information content (AvgIpc) is 3.18. The van der Waals surface area contributed by atoms with E-state index in [4.69, 9.17) is 16.5 Å². The Kier molecular flexibility index (Phi) is 4.69. The topological polar surface area (TPSA) is 107 Å². The second-order valence-electron chi connectivity index (χ2n) is 7.85. The summed E-state index contributed by atoms with van der Waals surface area (Å²) >= 11 is 0. The molecule has 0 radical (unpaired) electrons. The zero-order valence-electron chi connectivity index (χ0n) is 16.8. The SMILES string of the molecule is NCCNc1nc2nc(-c3ccc(C4(N)CCC4)cc3)c(-c3ccccc3)cn2n1. The molecule has 2 heterocycles. The van der Waals surface area contributed by atoms with Crippen molar-refractivity contribution >= 4 is 11.7 Å². The number of nitrogens with one attached hydrogen (secondary N) is 1. The minimum absolute atomic E-state index is 0.172. The van der Waals surface area contributed by atoms with Gasteiger partial charge in [0.1, 0.15) is 0 Å². The molecule has 7 heteroatoms. The van der Waals surface area contributed by atoms with Gasteiger partial charge in [-0.2, -0.15) is 4.98 Å². The molecule has 0 unspecified atom stereocenters. The highest BCUT2D eigenvalue weighted by molar-refractivity contribution is 5.81. The number of nitrogens with zero attached hydrogens (tertiary/aromatic N) is 4. The fraction of sp³-hybridized carbons (Fsp3) is 0.261. The standard InChI is InChI=1S/C23H25N7/c24-13-14-26-21-28-22-27-20(17-7-9-18(10-8-17)23(25)11-4-12-23)19(15-30(22)29-21)16-5-2-1-3-6-16/h1-3,5-10,15H,4,11-14,24-25H2,(H,26,29). The van der Waals surface area contributed by atoms with Crippen LogP contribution in [0.4, 0.5) is 5.95 Å². The third-order valence-electron chi connectivity index (χ3n) is 5.82. The first-order valence-electron chi connectivity index (χ1n) is 10.3. The predicted molar refractivity (Wildman–Crippen MR) is 119 cm³/mol. The van der Waals surface area contributed by atoms with Gasteiger partial charge in [-0.05, 0) is 30.4 Å². The minimum atomic E-state index is -0.172. The van der Waals surface area contributed by atoms with Gasteiger partial charge in [-0.3, -0.25) is 0 Å². The highest BCUT2D eigenvalue weighted by atomic mass is 15.4. The molecule has 0 saturated heterocycles. The number of benzene rings is 2. The maximum Gasteiger partial charge on any atom is 0.254 e. The first-order chi connectivity index (χ1) is 14.7. The van der Waals surface area contributed by atoms with Crippen molar-refractivity contribution in [3.8, 4) is 22.4 Å². The number of hydrogen-bond donors (Lipinski definition) is 3. The Hall–Kier alpha value is -3.29. The third-order valence-corrected chi connectivity index (χ3v) is 5.82. The quantitative estimate of drug-likeness (QED) is 0.460. The fourth-order valence-corrected chi connectivity index (χ4v) is 3.94. The second kappa shape index (κ2) is 7.51. The zero-order chi connectivity index (χ0) is 20.6. The molecule has 30 heavy (non-hydrogen) atoms. The number of anilines is 1. The summed E-state index contributed by atoms with van der Waals surface area (Å²) < 4.78 is 1.71. The summed E-state index contributed by atoms with van der Waals surface area (Å²) in [6.45, 7) is 1.12. The van der Waals surface area contributed by atoms with Crippen LogP contribution in [0.5, 0.6) is 0 Å². The lowest BCUT2D eigenvalue weighted by Crippen LogP contribution is -2.43. The lowest BCUT2D eigenvalue weighted by atomic mass is 9.72. The molecule has 2 aromatic heterocycles. The van der Waals surface area contributed by atoms with E-state index >= 15 is 0 Å². The predicted octanol–water partition coefficient (Wildman–Crippen LogP) is 3.17. The number of nitrogens with two attached hydrogens (primary N) is 2. The summed E-state index contributed by atoms with van der Waals surface area (Å²) in [6, 6.07) is 18.7. The summed E-state index contributed by atoms with van der Waals surface area (Å²) in [6.07, 6.45) is 5.27. The maximum absolute atomic E-state index is 6.50. The van der Waals surface area contributed by atoms with E-state index in [0.29, 0.717) is 24.8 Å². The van der Waals surface area contributed by atoms with Crippen molar-refractivity contribution in [2.24, 2.45) is 11.5 Å². The molecule has 4 aromatic rings. The zero-order valence-corrected chi connectivity index (χ0v) is 16.8. The van der Waals surface area contributed by atoms with E-state index in [-0.39, 0.29) is 5.54 Å². The van der Waals surface area contributed by atoms with Crippen LogP contribution in [0.2, 0.25) is 0 Å². The number of fused-ring (bicyclic) bond motifs is 1. The largest absolute Gasteiger partial charge is 0.352 e. The van der Waals surface area contributed by atoms with Crippen molar-refractivity contribution in [3.63, 3.8) is 0 Å². The van der Waals surface area contributed by atoms with Crippen LogP contribution >= 0.6 is 0 Å². The number of aromatic nitrogens is 4. The van der Waals surface area contributed by atoms with Gasteiger partial charge in [0, 0.05) is 36.0 Å². The van der Waals surface area contributed by atoms with Crippen molar-refractivity contribution in [3.05, 3.63) is 66.4 Å². The molecule has 0 atom stereocenters. The third kappa shape index (κ3) is 3.32. The Labute approximate surface area is 175 Å². The molecule has 0 bridgehead atoms. The first-order valence-corrected chi connectivity index (χ1v) is 10.3. The van der Waals surface area contributed by atoms with Crippen LogP contribution in [0.15, 0.2) is 60.8 Å². The van der Waals surface area contributed by atoms with Crippen LogP contribution in [0.1, 0.15) is 24.8 Å².